The van der Waals surface area contributed by atoms with Gasteiger partial charge in [0, 0.05) is 31.6 Å². The molecule has 22 heavy (non-hydrogen) atoms. The van der Waals surface area contributed by atoms with Gasteiger partial charge in [-0.25, -0.2) is 4.98 Å². The molecule has 4 nitrogen and oxygen atoms in total. The van der Waals surface area contributed by atoms with Crippen molar-refractivity contribution in [3.8, 4) is 0 Å². The molecule has 0 aliphatic heterocycles. The summed E-state index contributed by atoms with van der Waals surface area (Å²) >= 11 is 4.22. The number of nitrogens with two attached hydrogens (primary N) is 1. The summed E-state index contributed by atoms with van der Waals surface area (Å²) in [4.78, 5) is 6.70. The second-order valence-electron chi connectivity index (χ2n) is 5.40. The molecule has 0 bridgehead atoms. The molecule has 0 amide bonds. The standard InChI is InChI=1S/C17H24N4S/c1-13(14-7-4-3-5-8-14)21(2)17-16(9-6-10-19-17)20-11-15(18)12-22/h3-10,13,15,20,22H,11-12,18H2,1-2H3/t13-,15?/m0/s1. The highest BCUT2D eigenvalue weighted by Gasteiger charge is 2.16. The molecule has 0 aliphatic carbocycles. The van der Waals surface area contributed by atoms with Crippen molar-refractivity contribution in [1.29, 1.82) is 0 Å². The number of pyridine rings is 1. The first-order valence-corrected chi connectivity index (χ1v) is 8.09. The fourth-order valence-electron chi connectivity index (χ4n) is 2.26. The first-order valence-electron chi connectivity index (χ1n) is 7.46. The Morgan fingerprint density at radius 1 is 1.23 bits per heavy atom. The Labute approximate surface area is 138 Å². The zero-order valence-electron chi connectivity index (χ0n) is 13.1. The third kappa shape index (κ3) is 4.15. The second kappa shape index (κ2) is 8.06. The lowest BCUT2D eigenvalue weighted by Crippen LogP contribution is -2.31. The summed E-state index contributed by atoms with van der Waals surface area (Å²) in [6.07, 6.45) is 1.81. The van der Waals surface area contributed by atoms with E-state index in [1.807, 2.05) is 24.4 Å². The number of rotatable bonds is 7. The summed E-state index contributed by atoms with van der Waals surface area (Å²) in [5, 5.41) is 3.37. The SMILES string of the molecule is C[C@@H](c1ccccc1)N(C)c1ncccc1NCC(N)CS. The van der Waals surface area contributed by atoms with Crippen LogP contribution in [0.1, 0.15) is 18.5 Å². The molecule has 1 unspecified atom stereocenters. The Balaban J connectivity index is 2.17. The fourth-order valence-corrected chi connectivity index (χ4v) is 2.39. The van der Waals surface area contributed by atoms with Gasteiger partial charge < -0.3 is 16.0 Å². The number of aromatic nitrogens is 1. The van der Waals surface area contributed by atoms with E-state index in [-0.39, 0.29) is 12.1 Å². The number of nitrogens with one attached hydrogen (secondary N) is 1. The first-order chi connectivity index (χ1) is 10.6. The highest BCUT2D eigenvalue weighted by molar-refractivity contribution is 7.80. The zero-order valence-corrected chi connectivity index (χ0v) is 14.0. The summed E-state index contributed by atoms with van der Waals surface area (Å²) < 4.78 is 0. The molecule has 0 aliphatic rings. The molecule has 5 heteroatoms. The Hall–Kier alpha value is -1.72. The lowest BCUT2D eigenvalue weighted by Gasteiger charge is -2.28. The molecule has 0 saturated heterocycles. The van der Waals surface area contributed by atoms with Gasteiger partial charge in [-0.05, 0) is 24.6 Å². The maximum absolute atomic E-state index is 5.92. The largest absolute Gasteiger partial charge is 0.380 e. The lowest BCUT2D eigenvalue weighted by molar-refractivity contribution is 0.727. The first kappa shape index (κ1) is 16.6. The number of benzene rings is 1. The maximum Gasteiger partial charge on any atom is 0.152 e. The van der Waals surface area contributed by atoms with Crippen molar-refractivity contribution in [1.82, 2.24) is 4.98 Å². The van der Waals surface area contributed by atoms with Crippen LogP contribution in [-0.4, -0.2) is 30.4 Å². The van der Waals surface area contributed by atoms with Crippen molar-refractivity contribution in [3.63, 3.8) is 0 Å². The molecule has 0 spiro atoms. The van der Waals surface area contributed by atoms with Crippen LogP contribution in [0.3, 0.4) is 0 Å². The summed E-state index contributed by atoms with van der Waals surface area (Å²) in [7, 11) is 2.06. The average molecular weight is 316 g/mol. The van der Waals surface area contributed by atoms with E-state index in [1.54, 1.807) is 0 Å². The quantitative estimate of drug-likeness (QED) is 0.688. The zero-order chi connectivity index (χ0) is 15.9. The van der Waals surface area contributed by atoms with Crippen molar-refractivity contribution in [2.24, 2.45) is 5.73 Å². The summed E-state index contributed by atoms with van der Waals surface area (Å²) in [5.74, 6) is 1.57. The van der Waals surface area contributed by atoms with Gasteiger partial charge in [-0.15, -0.1) is 0 Å². The van der Waals surface area contributed by atoms with Crippen molar-refractivity contribution < 1.29 is 0 Å². The molecular formula is C17H24N4S. The molecule has 2 rings (SSSR count). The van der Waals surface area contributed by atoms with E-state index in [4.69, 9.17) is 5.73 Å². The third-order valence-electron chi connectivity index (χ3n) is 3.77. The smallest absolute Gasteiger partial charge is 0.152 e. The normalized spacial score (nSPS) is 13.5. The monoisotopic (exact) mass is 316 g/mol. The topological polar surface area (TPSA) is 54.2 Å². The van der Waals surface area contributed by atoms with E-state index in [2.05, 4.69) is 66.1 Å². The van der Waals surface area contributed by atoms with Gasteiger partial charge >= 0.3 is 0 Å². The van der Waals surface area contributed by atoms with Crippen molar-refractivity contribution in [2.75, 3.05) is 29.6 Å². The summed E-state index contributed by atoms with van der Waals surface area (Å²) in [6, 6.07) is 14.6. The van der Waals surface area contributed by atoms with Crippen molar-refractivity contribution >= 4 is 24.1 Å². The molecule has 1 aromatic heterocycles. The highest BCUT2D eigenvalue weighted by Crippen LogP contribution is 2.29. The van der Waals surface area contributed by atoms with E-state index in [0.717, 1.165) is 11.5 Å². The van der Waals surface area contributed by atoms with Crippen LogP contribution in [0, 0.1) is 0 Å². The van der Waals surface area contributed by atoms with Crippen molar-refractivity contribution in [3.05, 3.63) is 54.2 Å². The second-order valence-corrected chi connectivity index (χ2v) is 5.76. The summed E-state index contributed by atoms with van der Waals surface area (Å²) in [5.41, 5.74) is 8.17. The summed E-state index contributed by atoms with van der Waals surface area (Å²) in [6.45, 7) is 2.85. The predicted molar refractivity (Wildman–Crippen MR) is 97.8 cm³/mol. The maximum atomic E-state index is 5.92. The fraction of sp³-hybridized carbons (Fsp3) is 0.353. The van der Waals surface area contributed by atoms with Gasteiger partial charge in [0.15, 0.2) is 5.82 Å². The van der Waals surface area contributed by atoms with E-state index >= 15 is 0 Å². The molecule has 2 atom stereocenters. The number of thiol groups is 1. The number of anilines is 2. The Morgan fingerprint density at radius 3 is 2.64 bits per heavy atom. The number of hydrogen-bond donors (Lipinski definition) is 3. The van der Waals surface area contributed by atoms with Crippen LogP contribution in [0.15, 0.2) is 48.7 Å². The Bertz CT molecular complexity index is 576. The van der Waals surface area contributed by atoms with Crippen LogP contribution in [0.5, 0.6) is 0 Å². The Kier molecular flexibility index (Phi) is 6.10. The lowest BCUT2D eigenvalue weighted by atomic mass is 10.1. The van der Waals surface area contributed by atoms with E-state index in [1.165, 1.54) is 5.56 Å². The molecule has 118 valence electrons. The van der Waals surface area contributed by atoms with Crippen LogP contribution in [-0.2, 0) is 0 Å². The number of hydrogen-bond acceptors (Lipinski definition) is 5. The van der Waals surface area contributed by atoms with Gasteiger partial charge in [0.1, 0.15) is 0 Å². The molecule has 2 aromatic rings. The minimum Gasteiger partial charge on any atom is -0.380 e. The van der Waals surface area contributed by atoms with Crippen LogP contribution in [0.4, 0.5) is 11.5 Å². The van der Waals surface area contributed by atoms with Gasteiger partial charge in [0.25, 0.3) is 0 Å². The van der Waals surface area contributed by atoms with Gasteiger partial charge in [-0.1, -0.05) is 30.3 Å². The highest BCUT2D eigenvalue weighted by atomic mass is 32.1. The van der Waals surface area contributed by atoms with E-state index in [0.29, 0.717) is 12.3 Å². The molecule has 0 fully saturated rings. The minimum absolute atomic E-state index is 0.0215. The molecule has 0 saturated carbocycles. The third-order valence-corrected chi connectivity index (χ3v) is 4.24. The predicted octanol–water partition coefficient (Wildman–Crippen LogP) is 2.95. The molecular weight excluding hydrogens is 292 g/mol. The van der Waals surface area contributed by atoms with Gasteiger partial charge in [0.2, 0.25) is 0 Å². The van der Waals surface area contributed by atoms with Crippen LogP contribution >= 0.6 is 12.6 Å². The van der Waals surface area contributed by atoms with Crippen LogP contribution < -0.4 is 16.0 Å². The number of nitrogens with zero attached hydrogens (tertiary/aromatic N) is 2. The molecule has 0 radical (unpaired) electrons. The Morgan fingerprint density at radius 2 is 1.95 bits per heavy atom. The van der Waals surface area contributed by atoms with Gasteiger partial charge in [-0.3, -0.25) is 0 Å². The van der Waals surface area contributed by atoms with Gasteiger partial charge in [0.05, 0.1) is 11.7 Å². The van der Waals surface area contributed by atoms with Crippen molar-refractivity contribution in [2.45, 2.75) is 19.0 Å². The van der Waals surface area contributed by atoms with Crippen LogP contribution in [0.25, 0.3) is 0 Å². The average Bonchev–Trinajstić information content (AvgIpc) is 2.59. The van der Waals surface area contributed by atoms with Crippen LogP contribution in [0.2, 0.25) is 0 Å². The minimum atomic E-state index is 0.0215. The van der Waals surface area contributed by atoms with E-state index in [9.17, 15) is 0 Å². The van der Waals surface area contributed by atoms with E-state index < -0.39 is 0 Å². The molecule has 3 N–H and O–H groups in total. The van der Waals surface area contributed by atoms with Gasteiger partial charge in [-0.2, -0.15) is 12.6 Å². The molecule has 1 heterocycles. The molecule has 1 aromatic carbocycles.